The first-order valence-electron chi connectivity index (χ1n) is 11.9. The van der Waals surface area contributed by atoms with E-state index < -0.39 is 5.60 Å². The maximum absolute atomic E-state index is 13.4. The SMILES string of the molecule is CSc1ccc(C(CC(C)(O)C(=O)c2ccc(C(C)C)cc2)C(C)(C)N2CCOCC2)cc1. The predicted octanol–water partition coefficient (Wildman–Crippen LogP) is 5.75. The Morgan fingerprint density at radius 3 is 2.06 bits per heavy atom. The summed E-state index contributed by atoms with van der Waals surface area (Å²) >= 11 is 1.71. The van der Waals surface area contributed by atoms with Crippen LogP contribution < -0.4 is 0 Å². The molecule has 2 atom stereocenters. The third-order valence-electron chi connectivity index (χ3n) is 7.13. The van der Waals surface area contributed by atoms with Crippen LogP contribution in [0.4, 0.5) is 0 Å². The summed E-state index contributed by atoms with van der Waals surface area (Å²) in [4.78, 5) is 17.1. The van der Waals surface area contributed by atoms with Gasteiger partial charge in [0.2, 0.25) is 0 Å². The molecule has 5 heteroatoms. The highest BCUT2D eigenvalue weighted by Crippen LogP contribution is 2.40. The maximum Gasteiger partial charge on any atom is 0.194 e. The van der Waals surface area contributed by atoms with Gasteiger partial charge in [-0.2, -0.15) is 0 Å². The van der Waals surface area contributed by atoms with Crippen LogP contribution in [0.15, 0.2) is 53.4 Å². The van der Waals surface area contributed by atoms with Crippen LogP contribution in [0.25, 0.3) is 0 Å². The number of morpholine rings is 1. The summed E-state index contributed by atoms with van der Waals surface area (Å²) < 4.78 is 5.59. The highest BCUT2D eigenvalue weighted by molar-refractivity contribution is 7.98. The van der Waals surface area contributed by atoms with Crippen molar-refractivity contribution in [3.05, 3.63) is 65.2 Å². The fourth-order valence-corrected chi connectivity index (χ4v) is 5.20. The maximum atomic E-state index is 13.4. The quantitative estimate of drug-likeness (QED) is 0.374. The van der Waals surface area contributed by atoms with E-state index in [1.807, 2.05) is 24.3 Å². The number of hydrogen-bond donors (Lipinski definition) is 1. The lowest BCUT2D eigenvalue weighted by molar-refractivity contribution is -0.0322. The largest absolute Gasteiger partial charge is 0.382 e. The van der Waals surface area contributed by atoms with Crippen molar-refractivity contribution in [2.75, 3.05) is 32.6 Å². The zero-order chi connectivity index (χ0) is 24.2. The average Bonchev–Trinajstić information content (AvgIpc) is 2.82. The van der Waals surface area contributed by atoms with Crippen molar-refractivity contribution < 1.29 is 14.6 Å². The summed E-state index contributed by atoms with van der Waals surface area (Å²) in [6, 6.07) is 16.2. The van der Waals surface area contributed by atoms with E-state index in [1.54, 1.807) is 18.7 Å². The van der Waals surface area contributed by atoms with Crippen LogP contribution >= 0.6 is 11.8 Å². The van der Waals surface area contributed by atoms with Gasteiger partial charge in [-0.15, -0.1) is 11.8 Å². The normalized spacial score (nSPS) is 18.2. The highest BCUT2D eigenvalue weighted by atomic mass is 32.2. The summed E-state index contributed by atoms with van der Waals surface area (Å²) in [5.74, 6) is 0.152. The minimum atomic E-state index is -1.48. The second-order valence-electron chi connectivity index (χ2n) is 10.2. The highest BCUT2D eigenvalue weighted by Gasteiger charge is 2.43. The van der Waals surface area contributed by atoms with E-state index in [2.05, 4.69) is 63.1 Å². The fourth-order valence-electron chi connectivity index (χ4n) is 4.79. The van der Waals surface area contributed by atoms with Crippen molar-refractivity contribution in [2.45, 2.75) is 68.9 Å². The molecule has 1 saturated heterocycles. The number of aliphatic hydroxyl groups is 1. The van der Waals surface area contributed by atoms with Crippen LogP contribution in [0.3, 0.4) is 0 Å². The number of rotatable bonds is 9. The van der Waals surface area contributed by atoms with Gasteiger partial charge in [0.25, 0.3) is 0 Å². The Labute approximate surface area is 203 Å². The average molecular weight is 470 g/mol. The summed E-state index contributed by atoms with van der Waals surface area (Å²) in [5.41, 5.74) is 1.16. The molecule has 0 aromatic heterocycles. The predicted molar refractivity (Wildman–Crippen MR) is 138 cm³/mol. The second kappa shape index (κ2) is 10.7. The molecule has 2 aromatic carbocycles. The van der Waals surface area contributed by atoms with Gasteiger partial charge in [0.15, 0.2) is 5.78 Å². The monoisotopic (exact) mass is 469 g/mol. The molecule has 2 unspecified atom stereocenters. The molecular weight excluding hydrogens is 430 g/mol. The number of ether oxygens (including phenoxy) is 1. The number of hydrogen-bond acceptors (Lipinski definition) is 5. The molecule has 0 amide bonds. The Bertz CT molecular complexity index is 913. The van der Waals surface area contributed by atoms with Crippen LogP contribution in [0, 0.1) is 0 Å². The van der Waals surface area contributed by atoms with Gasteiger partial charge in [-0.3, -0.25) is 9.69 Å². The lowest BCUT2D eigenvalue weighted by Gasteiger charge is -2.47. The van der Waals surface area contributed by atoms with E-state index in [4.69, 9.17) is 4.74 Å². The van der Waals surface area contributed by atoms with Crippen molar-refractivity contribution in [3.8, 4) is 0 Å². The molecule has 0 saturated carbocycles. The van der Waals surface area contributed by atoms with Gasteiger partial charge in [0.05, 0.1) is 13.2 Å². The van der Waals surface area contributed by atoms with Gasteiger partial charge in [0, 0.05) is 35.0 Å². The lowest BCUT2D eigenvalue weighted by Crippen LogP contribution is -2.54. The Morgan fingerprint density at radius 1 is 1.00 bits per heavy atom. The lowest BCUT2D eigenvalue weighted by atomic mass is 9.72. The molecule has 0 bridgehead atoms. The molecule has 1 heterocycles. The summed E-state index contributed by atoms with van der Waals surface area (Å²) in [6.45, 7) is 13.5. The number of carbonyl (C=O) groups is 1. The molecule has 1 aliphatic rings. The zero-order valence-corrected chi connectivity index (χ0v) is 21.7. The van der Waals surface area contributed by atoms with Crippen LogP contribution in [-0.4, -0.2) is 59.5 Å². The number of Topliss-reactive ketones (excluding diaryl/α,β-unsaturated/α-hetero) is 1. The van der Waals surface area contributed by atoms with Crippen molar-refractivity contribution in [3.63, 3.8) is 0 Å². The first-order chi connectivity index (χ1) is 15.6. The first-order valence-corrected chi connectivity index (χ1v) is 13.1. The first kappa shape index (κ1) is 26.0. The van der Waals surface area contributed by atoms with Gasteiger partial charge in [-0.05, 0) is 62.6 Å². The molecule has 0 aliphatic carbocycles. The number of carbonyl (C=O) groups excluding carboxylic acids is 1. The zero-order valence-electron chi connectivity index (χ0n) is 20.9. The fraction of sp³-hybridized carbons (Fsp3) is 0.536. The number of ketones is 1. The Hall–Kier alpha value is -1.66. The topological polar surface area (TPSA) is 49.8 Å². The van der Waals surface area contributed by atoms with Gasteiger partial charge >= 0.3 is 0 Å². The van der Waals surface area contributed by atoms with Crippen LogP contribution in [0.5, 0.6) is 0 Å². The summed E-state index contributed by atoms with van der Waals surface area (Å²) in [7, 11) is 0. The molecular formula is C28H39NO3S. The number of benzene rings is 2. The van der Waals surface area contributed by atoms with E-state index in [9.17, 15) is 9.90 Å². The Balaban J connectivity index is 1.92. The van der Waals surface area contributed by atoms with Crippen LogP contribution in [-0.2, 0) is 4.74 Å². The van der Waals surface area contributed by atoms with Crippen LogP contribution in [0.1, 0.15) is 74.4 Å². The van der Waals surface area contributed by atoms with Gasteiger partial charge in [0.1, 0.15) is 5.60 Å². The molecule has 4 nitrogen and oxygen atoms in total. The molecule has 180 valence electrons. The summed E-state index contributed by atoms with van der Waals surface area (Å²) in [6.07, 6.45) is 2.42. The Morgan fingerprint density at radius 2 is 1.55 bits per heavy atom. The minimum Gasteiger partial charge on any atom is -0.382 e. The van der Waals surface area contributed by atoms with Gasteiger partial charge in [-0.25, -0.2) is 0 Å². The molecule has 1 N–H and O–H groups in total. The van der Waals surface area contributed by atoms with Crippen LogP contribution in [0.2, 0.25) is 0 Å². The summed E-state index contributed by atoms with van der Waals surface area (Å²) in [5, 5.41) is 11.5. The molecule has 1 aliphatic heterocycles. The van der Waals surface area contributed by atoms with E-state index in [1.165, 1.54) is 10.5 Å². The van der Waals surface area contributed by atoms with E-state index in [0.29, 0.717) is 31.1 Å². The number of thioether (sulfide) groups is 1. The van der Waals surface area contributed by atoms with Crippen molar-refractivity contribution >= 4 is 17.5 Å². The molecule has 0 radical (unpaired) electrons. The third kappa shape index (κ3) is 6.07. The molecule has 3 rings (SSSR count). The van der Waals surface area contributed by atoms with E-state index in [0.717, 1.165) is 18.7 Å². The molecule has 2 aromatic rings. The van der Waals surface area contributed by atoms with Crippen molar-refractivity contribution in [1.29, 1.82) is 0 Å². The van der Waals surface area contributed by atoms with Crippen molar-refractivity contribution in [1.82, 2.24) is 4.90 Å². The van der Waals surface area contributed by atoms with Crippen molar-refractivity contribution in [2.24, 2.45) is 0 Å². The second-order valence-corrected chi connectivity index (χ2v) is 11.0. The van der Waals surface area contributed by atoms with E-state index >= 15 is 0 Å². The molecule has 0 spiro atoms. The van der Waals surface area contributed by atoms with Gasteiger partial charge in [-0.1, -0.05) is 50.2 Å². The standard InChI is InChI=1S/C28H39NO3S/c1-20(2)21-7-9-23(10-8-21)26(30)28(5,31)19-25(22-11-13-24(33-6)14-12-22)27(3,4)29-15-17-32-18-16-29/h7-14,20,25,31H,15-19H2,1-6H3. The Kier molecular flexibility index (Phi) is 8.44. The smallest absolute Gasteiger partial charge is 0.194 e. The third-order valence-corrected chi connectivity index (χ3v) is 7.87. The molecule has 1 fully saturated rings. The molecule has 33 heavy (non-hydrogen) atoms. The number of nitrogens with zero attached hydrogens (tertiary/aromatic N) is 1. The van der Waals surface area contributed by atoms with Gasteiger partial charge < -0.3 is 9.84 Å². The minimum absolute atomic E-state index is 0.0274. The van der Waals surface area contributed by atoms with E-state index in [-0.39, 0.29) is 17.2 Å².